The molecule has 0 amide bonds. The molecule has 3 heteroatoms. The van der Waals surface area contributed by atoms with Gasteiger partial charge in [0.1, 0.15) is 0 Å². The molecule has 1 aliphatic heterocycles. The molecule has 1 unspecified atom stereocenters. The molecule has 12 heavy (non-hydrogen) atoms. The number of ether oxygens (including phenoxy) is 1. The van der Waals surface area contributed by atoms with E-state index in [4.69, 9.17) is 9.25 Å². The van der Waals surface area contributed by atoms with E-state index >= 15 is 0 Å². The molecule has 0 radical (unpaired) electrons. The van der Waals surface area contributed by atoms with Crippen molar-refractivity contribution in [2.24, 2.45) is 5.92 Å². The Balaban J connectivity index is 0. The maximum Gasteiger partial charge on any atom is 2.00 e. The molecule has 0 aromatic carbocycles. The predicted molar refractivity (Wildman–Crippen MR) is 59.5 cm³/mol. The van der Waals surface area contributed by atoms with Gasteiger partial charge in [0.2, 0.25) is 0 Å². The van der Waals surface area contributed by atoms with Gasteiger partial charge in [-0.3, -0.25) is 5.92 Å². The maximum atomic E-state index is 5.26. The van der Waals surface area contributed by atoms with Crippen LogP contribution in [-0.4, -0.2) is 22.7 Å². The van der Waals surface area contributed by atoms with Crippen molar-refractivity contribution in [1.82, 2.24) is 0 Å². The Hall–Kier alpha value is 1.09. The molecule has 0 aliphatic carbocycles. The SMILES string of the molecule is C[C-]1COCC(C)C1.[CH-]=IC.[Cr+2]. The average molecular weight is 320 g/mol. The van der Waals surface area contributed by atoms with E-state index in [0.717, 1.165) is 19.1 Å². The minimum atomic E-state index is 0. The fourth-order valence-electron chi connectivity index (χ4n) is 1.15. The van der Waals surface area contributed by atoms with Gasteiger partial charge in [-0.2, -0.15) is 13.3 Å². The van der Waals surface area contributed by atoms with Crippen LogP contribution in [0.1, 0.15) is 20.3 Å². The molecule has 0 aromatic rings. The van der Waals surface area contributed by atoms with Gasteiger partial charge in [-0.1, -0.05) is 13.5 Å². The van der Waals surface area contributed by atoms with E-state index in [1.165, 1.54) is 12.3 Å². The van der Waals surface area contributed by atoms with E-state index in [1.54, 1.807) is 0 Å². The largest absolute Gasteiger partial charge is 2.00 e. The molecule has 1 saturated heterocycles. The first-order chi connectivity index (χ1) is 5.20. The Bertz CT molecular complexity index is 101. The summed E-state index contributed by atoms with van der Waals surface area (Å²) in [4.78, 5) is 2.01. The number of rotatable bonds is 0. The van der Waals surface area contributed by atoms with Crippen LogP contribution in [0.25, 0.3) is 0 Å². The third-order valence-corrected chi connectivity index (χ3v) is 1.45. The molecule has 0 spiro atoms. The van der Waals surface area contributed by atoms with Crippen LogP contribution >= 0.6 is 20.7 Å². The zero-order valence-corrected chi connectivity index (χ0v) is 11.4. The summed E-state index contributed by atoms with van der Waals surface area (Å²) in [6, 6.07) is 0. The van der Waals surface area contributed by atoms with Crippen molar-refractivity contribution in [1.29, 1.82) is 0 Å². The topological polar surface area (TPSA) is 9.23 Å². The number of alkyl halides is 1. The van der Waals surface area contributed by atoms with Gasteiger partial charge in [-0.15, -0.1) is 0 Å². The van der Waals surface area contributed by atoms with Crippen molar-refractivity contribution in [3.8, 4) is 0 Å². The summed E-state index contributed by atoms with van der Waals surface area (Å²) in [5.74, 6) is 2.24. The molecule has 1 nitrogen and oxygen atoms in total. The summed E-state index contributed by atoms with van der Waals surface area (Å²) < 4.78 is 10.2. The molecule has 1 atom stereocenters. The summed E-state index contributed by atoms with van der Waals surface area (Å²) in [6.07, 6.45) is 1.26. The van der Waals surface area contributed by atoms with E-state index in [2.05, 4.69) is 13.8 Å². The van der Waals surface area contributed by atoms with Gasteiger partial charge in [-0.05, 0) is 10.8 Å². The zero-order chi connectivity index (χ0) is 8.69. The predicted octanol–water partition coefficient (Wildman–Crippen LogP) is 2.53. The first kappa shape index (κ1) is 15.6. The molecule has 0 bridgehead atoms. The van der Waals surface area contributed by atoms with Crippen molar-refractivity contribution in [3.63, 3.8) is 0 Å². The quantitative estimate of drug-likeness (QED) is 0.379. The van der Waals surface area contributed by atoms with Crippen LogP contribution in [0.2, 0.25) is 0 Å². The molecular weight excluding hydrogens is 303 g/mol. The molecule has 1 aliphatic rings. The molecule has 0 aromatic heterocycles. The molecule has 0 N–H and O–H groups in total. The van der Waals surface area contributed by atoms with Crippen LogP contribution in [0.5, 0.6) is 0 Å². The third kappa shape index (κ3) is 9.18. The number of hydrogen-bond acceptors (Lipinski definition) is 1. The van der Waals surface area contributed by atoms with Gasteiger partial charge >= 0.3 is 17.4 Å². The van der Waals surface area contributed by atoms with E-state index in [9.17, 15) is 0 Å². The first-order valence-electron chi connectivity index (χ1n) is 3.77. The Morgan fingerprint density at radius 3 is 2.33 bits per heavy atom. The van der Waals surface area contributed by atoms with Gasteiger partial charge in [-0.25, -0.2) is 0 Å². The molecular formula is C9H17CrIO. The standard InChI is InChI=1S/C7H13O.C2H4I.Cr/c1-6-3-7(2)5-8-4-6;1-3-2;/h6H,3-5H2,1-2H3;1H,2H3;/q2*-1;+2. The maximum absolute atomic E-state index is 5.26. The molecule has 72 valence electrons. The summed E-state index contributed by atoms with van der Waals surface area (Å²) in [7, 11) is 0. The Morgan fingerprint density at radius 1 is 1.58 bits per heavy atom. The fourth-order valence-corrected chi connectivity index (χ4v) is 1.15. The summed E-state index contributed by atoms with van der Waals surface area (Å²) in [5, 5.41) is 0. The Labute approximate surface area is 97.1 Å². The van der Waals surface area contributed by atoms with Crippen molar-refractivity contribution < 1.29 is 22.1 Å². The van der Waals surface area contributed by atoms with Gasteiger partial charge in [0, 0.05) is 6.61 Å². The number of halogens is 1. The summed E-state index contributed by atoms with van der Waals surface area (Å²) >= 11 is 0.0900. The van der Waals surface area contributed by atoms with Crippen LogP contribution in [-0.2, 0) is 22.1 Å². The Morgan fingerprint density at radius 2 is 2.08 bits per heavy atom. The average Bonchev–Trinajstić information content (AvgIpc) is 1.88. The van der Waals surface area contributed by atoms with Crippen molar-refractivity contribution >= 4 is 25.2 Å². The monoisotopic (exact) mass is 320 g/mol. The minimum absolute atomic E-state index is 0. The van der Waals surface area contributed by atoms with Gasteiger partial charge in [0.25, 0.3) is 0 Å². The van der Waals surface area contributed by atoms with Crippen LogP contribution in [0.4, 0.5) is 0 Å². The van der Waals surface area contributed by atoms with E-state index in [-0.39, 0.29) is 38.1 Å². The summed E-state index contributed by atoms with van der Waals surface area (Å²) in [6.45, 7) is 6.24. The summed E-state index contributed by atoms with van der Waals surface area (Å²) in [5.41, 5.74) is 0. The molecule has 1 rings (SSSR count). The first-order valence-corrected chi connectivity index (χ1v) is 7.18. The van der Waals surface area contributed by atoms with Gasteiger partial charge in [0.05, 0.1) is 0 Å². The van der Waals surface area contributed by atoms with Crippen LogP contribution in [0.15, 0.2) is 0 Å². The smallest absolute Gasteiger partial charge is 0.474 e. The molecule has 1 fully saturated rings. The van der Waals surface area contributed by atoms with Crippen molar-refractivity contribution in [2.45, 2.75) is 20.3 Å². The van der Waals surface area contributed by atoms with Crippen molar-refractivity contribution in [3.05, 3.63) is 5.92 Å². The van der Waals surface area contributed by atoms with Crippen LogP contribution < -0.4 is 0 Å². The second-order valence-corrected chi connectivity index (χ2v) is 4.25. The van der Waals surface area contributed by atoms with Crippen LogP contribution in [0, 0.1) is 11.8 Å². The van der Waals surface area contributed by atoms with E-state index in [1.807, 2.05) is 4.93 Å². The Kier molecular flexibility index (Phi) is 13.2. The van der Waals surface area contributed by atoms with Gasteiger partial charge < -0.3 is 30.0 Å². The zero-order valence-electron chi connectivity index (χ0n) is 7.97. The van der Waals surface area contributed by atoms with Crippen molar-refractivity contribution in [2.75, 3.05) is 18.1 Å². The van der Waals surface area contributed by atoms with Gasteiger partial charge in [0.15, 0.2) is 0 Å². The second-order valence-electron chi connectivity index (χ2n) is 3.00. The third-order valence-electron chi connectivity index (χ3n) is 1.45. The molecule has 0 saturated carbocycles. The normalized spacial score (nSPS) is 23.4. The van der Waals surface area contributed by atoms with E-state index < -0.39 is 0 Å². The number of hydrogen-bond donors (Lipinski definition) is 0. The molecule has 1 heterocycles. The van der Waals surface area contributed by atoms with E-state index in [0.29, 0.717) is 0 Å². The second kappa shape index (κ2) is 10.2. The van der Waals surface area contributed by atoms with Crippen LogP contribution in [0.3, 0.4) is 0 Å². The fraction of sp³-hybridized carbons (Fsp3) is 0.778. The minimum Gasteiger partial charge on any atom is -0.474 e.